The van der Waals surface area contributed by atoms with Crippen LogP contribution in [0.25, 0.3) is 11.5 Å². The van der Waals surface area contributed by atoms with Gasteiger partial charge in [0.2, 0.25) is 11.8 Å². The Balaban J connectivity index is 1.40. The van der Waals surface area contributed by atoms with E-state index in [9.17, 15) is 0 Å². The number of hydrogen-bond acceptors (Lipinski definition) is 6. The topological polar surface area (TPSA) is 63.4 Å². The second-order valence-electron chi connectivity index (χ2n) is 7.13. The number of ether oxygens (including phenoxy) is 1. The van der Waals surface area contributed by atoms with Gasteiger partial charge in [-0.2, -0.15) is 0 Å². The van der Waals surface area contributed by atoms with E-state index in [-0.39, 0.29) is 6.04 Å². The normalized spacial score (nSPS) is 15.3. The first-order valence-corrected chi connectivity index (χ1v) is 9.82. The molecule has 1 atom stereocenters. The summed E-state index contributed by atoms with van der Waals surface area (Å²) < 4.78 is 11.0. The molecule has 0 spiro atoms. The molecule has 1 fully saturated rings. The van der Waals surface area contributed by atoms with Crippen LogP contribution in [0.4, 0.5) is 11.4 Å². The smallest absolute Gasteiger partial charge is 0.247 e. The number of anilines is 2. The van der Waals surface area contributed by atoms with Crippen molar-refractivity contribution >= 4 is 11.4 Å². The van der Waals surface area contributed by atoms with Crippen molar-refractivity contribution in [2.75, 3.05) is 30.4 Å². The van der Waals surface area contributed by atoms with Gasteiger partial charge in [-0.15, -0.1) is 10.2 Å². The van der Waals surface area contributed by atoms with Gasteiger partial charge in [-0.05, 0) is 74.7 Å². The monoisotopic (exact) mass is 378 g/mol. The maximum atomic E-state index is 5.86. The van der Waals surface area contributed by atoms with Crippen LogP contribution in [0.3, 0.4) is 0 Å². The van der Waals surface area contributed by atoms with Crippen LogP contribution in [0.5, 0.6) is 5.75 Å². The Morgan fingerprint density at radius 3 is 2.36 bits per heavy atom. The van der Waals surface area contributed by atoms with Crippen molar-refractivity contribution in [3.05, 3.63) is 54.4 Å². The molecule has 0 aliphatic carbocycles. The van der Waals surface area contributed by atoms with Crippen LogP contribution < -0.4 is 15.0 Å². The van der Waals surface area contributed by atoms with E-state index < -0.39 is 0 Å². The summed E-state index contributed by atoms with van der Waals surface area (Å²) >= 11 is 0. The second kappa shape index (κ2) is 8.33. The molecule has 6 heteroatoms. The Morgan fingerprint density at radius 1 is 0.964 bits per heavy atom. The van der Waals surface area contributed by atoms with Gasteiger partial charge >= 0.3 is 0 Å². The highest BCUT2D eigenvalue weighted by Gasteiger charge is 2.16. The van der Waals surface area contributed by atoms with Gasteiger partial charge in [0.15, 0.2) is 0 Å². The van der Waals surface area contributed by atoms with Gasteiger partial charge in [0.25, 0.3) is 0 Å². The summed E-state index contributed by atoms with van der Waals surface area (Å²) in [6.07, 6.45) is 3.91. The van der Waals surface area contributed by atoms with E-state index in [1.165, 1.54) is 24.9 Å². The van der Waals surface area contributed by atoms with Gasteiger partial charge in [-0.1, -0.05) is 0 Å². The van der Waals surface area contributed by atoms with Crippen LogP contribution in [0.2, 0.25) is 0 Å². The zero-order valence-electron chi connectivity index (χ0n) is 16.4. The molecule has 28 heavy (non-hydrogen) atoms. The van der Waals surface area contributed by atoms with Crippen LogP contribution >= 0.6 is 0 Å². The fourth-order valence-corrected chi connectivity index (χ4v) is 3.49. The maximum absolute atomic E-state index is 5.86. The standard InChI is InChI=1S/C22H26N4O2/c1-16(21-24-25-22(28-21)17-6-12-20(27-2)13-7-17)23-18-8-10-19(11-9-18)26-14-4-3-5-15-26/h6-13,16,23H,3-5,14-15H2,1-2H3/t16-/m0/s1. The van der Waals surface area contributed by atoms with E-state index in [0.717, 1.165) is 30.1 Å². The van der Waals surface area contributed by atoms with E-state index in [1.807, 2.05) is 31.2 Å². The number of piperidine rings is 1. The lowest BCUT2D eigenvalue weighted by Gasteiger charge is -2.29. The number of rotatable bonds is 6. The van der Waals surface area contributed by atoms with E-state index in [2.05, 4.69) is 44.7 Å². The molecule has 0 saturated carbocycles. The molecule has 3 aromatic rings. The Bertz CT molecular complexity index is 884. The molecular weight excluding hydrogens is 352 g/mol. The van der Waals surface area contributed by atoms with Gasteiger partial charge in [-0.25, -0.2) is 0 Å². The van der Waals surface area contributed by atoms with Gasteiger partial charge < -0.3 is 19.4 Å². The predicted molar refractivity (Wildman–Crippen MR) is 111 cm³/mol. The van der Waals surface area contributed by atoms with Crippen molar-refractivity contribution in [3.8, 4) is 17.2 Å². The number of aromatic nitrogens is 2. The molecule has 1 aliphatic heterocycles. The molecule has 2 heterocycles. The largest absolute Gasteiger partial charge is 0.497 e. The molecule has 146 valence electrons. The quantitative estimate of drug-likeness (QED) is 0.658. The molecule has 0 unspecified atom stereocenters. The summed E-state index contributed by atoms with van der Waals surface area (Å²) in [6, 6.07) is 16.1. The summed E-state index contributed by atoms with van der Waals surface area (Å²) in [7, 11) is 1.65. The number of benzene rings is 2. The lowest BCUT2D eigenvalue weighted by molar-refractivity contribution is 0.415. The average Bonchev–Trinajstić information content (AvgIpc) is 3.25. The highest BCUT2D eigenvalue weighted by molar-refractivity contribution is 5.56. The van der Waals surface area contributed by atoms with Gasteiger partial charge in [0.05, 0.1) is 7.11 Å². The third-order valence-corrected chi connectivity index (χ3v) is 5.12. The van der Waals surface area contributed by atoms with Crippen LogP contribution in [-0.4, -0.2) is 30.4 Å². The average molecular weight is 378 g/mol. The zero-order chi connectivity index (χ0) is 19.3. The van der Waals surface area contributed by atoms with Crippen molar-refractivity contribution in [1.82, 2.24) is 10.2 Å². The first-order chi connectivity index (χ1) is 13.7. The number of hydrogen-bond donors (Lipinski definition) is 1. The summed E-state index contributed by atoms with van der Waals surface area (Å²) in [6.45, 7) is 4.32. The Labute approximate surface area is 165 Å². The minimum atomic E-state index is -0.0830. The third-order valence-electron chi connectivity index (χ3n) is 5.12. The molecule has 0 bridgehead atoms. The van der Waals surface area contributed by atoms with E-state index in [0.29, 0.717) is 11.8 Å². The van der Waals surface area contributed by atoms with E-state index in [4.69, 9.17) is 9.15 Å². The lowest BCUT2D eigenvalue weighted by Crippen LogP contribution is -2.29. The molecule has 0 radical (unpaired) electrons. The van der Waals surface area contributed by atoms with Crippen LogP contribution in [0.15, 0.2) is 52.9 Å². The molecule has 1 aliphatic rings. The van der Waals surface area contributed by atoms with Crippen molar-refractivity contribution < 1.29 is 9.15 Å². The highest BCUT2D eigenvalue weighted by atomic mass is 16.5. The number of nitrogens with zero attached hydrogens (tertiary/aromatic N) is 3. The van der Waals surface area contributed by atoms with E-state index in [1.54, 1.807) is 7.11 Å². The Morgan fingerprint density at radius 2 is 1.68 bits per heavy atom. The van der Waals surface area contributed by atoms with Crippen LogP contribution in [-0.2, 0) is 0 Å². The molecule has 4 rings (SSSR count). The zero-order valence-corrected chi connectivity index (χ0v) is 16.4. The SMILES string of the molecule is COc1ccc(-c2nnc([C@H](C)Nc3ccc(N4CCCCC4)cc3)o2)cc1. The third kappa shape index (κ3) is 4.11. The van der Waals surface area contributed by atoms with Crippen LogP contribution in [0.1, 0.15) is 38.1 Å². The lowest BCUT2D eigenvalue weighted by atomic mass is 10.1. The summed E-state index contributed by atoms with van der Waals surface area (Å²) in [5.41, 5.74) is 3.20. The molecule has 2 aromatic carbocycles. The maximum Gasteiger partial charge on any atom is 0.247 e. The first-order valence-electron chi connectivity index (χ1n) is 9.82. The molecule has 6 nitrogen and oxygen atoms in total. The van der Waals surface area contributed by atoms with Crippen LogP contribution in [0, 0.1) is 0 Å². The van der Waals surface area contributed by atoms with Gasteiger partial charge in [0.1, 0.15) is 11.8 Å². The van der Waals surface area contributed by atoms with Crippen molar-refractivity contribution in [3.63, 3.8) is 0 Å². The summed E-state index contributed by atoms with van der Waals surface area (Å²) in [5, 5.41) is 11.8. The van der Waals surface area contributed by atoms with Crippen molar-refractivity contribution in [1.29, 1.82) is 0 Å². The Hall–Kier alpha value is -3.02. The van der Waals surface area contributed by atoms with Gasteiger partial charge in [-0.3, -0.25) is 0 Å². The van der Waals surface area contributed by atoms with Crippen molar-refractivity contribution in [2.24, 2.45) is 0 Å². The molecule has 1 aromatic heterocycles. The van der Waals surface area contributed by atoms with E-state index >= 15 is 0 Å². The molecule has 1 saturated heterocycles. The van der Waals surface area contributed by atoms with Gasteiger partial charge in [0, 0.05) is 30.0 Å². The summed E-state index contributed by atoms with van der Waals surface area (Å²) in [4.78, 5) is 2.45. The first kappa shape index (κ1) is 18.3. The Kier molecular flexibility index (Phi) is 5.46. The predicted octanol–water partition coefficient (Wildman–Crippen LogP) is 4.91. The molecule has 0 amide bonds. The molecule has 1 N–H and O–H groups in total. The fourth-order valence-electron chi connectivity index (χ4n) is 3.49. The van der Waals surface area contributed by atoms with Crippen molar-refractivity contribution in [2.45, 2.75) is 32.2 Å². The summed E-state index contributed by atoms with van der Waals surface area (Å²) in [5.74, 6) is 1.86. The molecular formula is C22H26N4O2. The minimum Gasteiger partial charge on any atom is -0.497 e. The second-order valence-corrected chi connectivity index (χ2v) is 7.13. The highest BCUT2D eigenvalue weighted by Crippen LogP contribution is 2.26. The number of nitrogens with one attached hydrogen (secondary N) is 1. The minimum absolute atomic E-state index is 0.0830. The number of methoxy groups -OCH3 is 1. The fraction of sp³-hybridized carbons (Fsp3) is 0.364.